The molecule has 0 spiro atoms. The van der Waals surface area contributed by atoms with Crippen LogP contribution >= 0.6 is 22.9 Å². The van der Waals surface area contributed by atoms with E-state index in [1.54, 1.807) is 38.2 Å². The fraction of sp³-hybridized carbons (Fsp3) is 0.160. The van der Waals surface area contributed by atoms with Gasteiger partial charge < -0.3 is 15.8 Å². The number of nitrogens with two attached hydrogens (primary N) is 1. The molecule has 10 nitrogen and oxygen atoms in total. The van der Waals surface area contributed by atoms with Crippen LogP contribution in [-0.4, -0.2) is 36.4 Å². The van der Waals surface area contributed by atoms with Crippen LogP contribution in [0.1, 0.15) is 31.5 Å². The Kier molecular flexibility index (Phi) is 6.98. The van der Waals surface area contributed by atoms with Crippen LogP contribution in [0.5, 0.6) is 5.75 Å². The van der Waals surface area contributed by atoms with Crippen LogP contribution in [0.2, 0.25) is 5.02 Å². The second kappa shape index (κ2) is 10.3. The molecular weight excluding hydrogens is 571 g/mol. The van der Waals surface area contributed by atoms with Gasteiger partial charge in [-0.3, -0.25) is 14.3 Å². The maximum Gasteiger partial charge on any atom is 0.433 e. The maximum atomic E-state index is 13.8. The molecule has 0 saturated carbocycles. The van der Waals surface area contributed by atoms with Crippen molar-refractivity contribution in [1.29, 1.82) is 0 Å². The van der Waals surface area contributed by atoms with Crippen LogP contribution in [0.15, 0.2) is 48.8 Å². The van der Waals surface area contributed by atoms with Crippen LogP contribution < -0.4 is 15.8 Å². The minimum Gasteiger partial charge on any atom is -0.470 e. The van der Waals surface area contributed by atoms with E-state index in [1.807, 2.05) is 0 Å². The molecule has 4 aromatic heterocycles. The maximum absolute atomic E-state index is 13.8. The van der Waals surface area contributed by atoms with Gasteiger partial charge in [0.05, 0.1) is 16.9 Å². The Morgan fingerprint density at radius 2 is 1.93 bits per heavy atom. The second-order valence-corrected chi connectivity index (χ2v) is 9.95. The summed E-state index contributed by atoms with van der Waals surface area (Å²) in [4.78, 5) is 29.2. The Labute approximate surface area is 233 Å². The molecule has 4 heterocycles. The number of ether oxygens (including phenoxy) is 1. The van der Waals surface area contributed by atoms with Crippen molar-refractivity contribution < 1.29 is 27.5 Å². The average molecular weight is 590 g/mol. The van der Waals surface area contributed by atoms with Crippen LogP contribution in [-0.2, 0) is 20.0 Å². The number of amides is 2. The van der Waals surface area contributed by atoms with Crippen molar-refractivity contribution in [3.63, 3.8) is 0 Å². The topological polar surface area (TPSA) is 130 Å². The summed E-state index contributed by atoms with van der Waals surface area (Å²) in [6.07, 6.45) is -2.00. The molecule has 5 rings (SSSR count). The van der Waals surface area contributed by atoms with Gasteiger partial charge in [0, 0.05) is 29.9 Å². The highest BCUT2D eigenvalue weighted by atomic mass is 35.5. The van der Waals surface area contributed by atoms with Gasteiger partial charge in [0.2, 0.25) is 0 Å². The molecule has 0 atom stereocenters. The van der Waals surface area contributed by atoms with Crippen molar-refractivity contribution in [3.05, 3.63) is 75.8 Å². The van der Waals surface area contributed by atoms with E-state index in [-0.39, 0.29) is 38.8 Å². The summed E-state index contributed by atoms with van der Waals surface area (Å²) >= 11 is 6.77. The van der Waals surface area contributed by atoms with Crippen molar-refractivity contribution in [3.8, 4) is 16.9 Å². The third-order valence-electron chi connectivity index (χ3n) is 6.07. The lowest BCUT2D eigenvalue weighted by Crippen LogP contribution is -2.21. The number of hydrogen-bond donors (Lipinski definition) is 2. The smallest absolute Gasteiger partial charge is 0.433 e. The standard InChI is InChI=1S/C25H19ClF3N7O3S/c1-12-14(10-32-35(12)2)13-9-18(25(27,28)29)33-24-19(13)20(21(40-24)22(30)37)34-23(38)16-7-8-31-36(16)11-39-17-6-4-3-5-15(17)26/h3-10H,11H2,1-2H3,(H2,30,37)(H,34,38). The number of thiophene rings is 1. The summed E-state index contributed by atoms with van der Waals surface area (Å²) in [7, 11) is 1.64. The molecule has 0 aliphatic rings. The molecule has 0 aliphatic heterocycles. The van der Waals surface area contributed by atoms with Gasteiger partial charge in [-0.15, -0.1) is 11.3 Å². The Morgan fingerprint density at radius 1 is 1.18 bits per heavy atom. The van der Waals surface area contributed by atoms with Gasteiger partial charge in [-0.25, -0.2) is 9.67 Å². The van der Waals surface area contributed by atoms with E-state index in [9.17, 15) is 22.8 Å². The third-order valence-corrected chi connectivity index (χ3v) is 7.48. The molecular formula is C25H19ClF3N7O3S. The highest BCUT2D eigenvalue weighted by Gasteiger charge is 2.35. The molecule has 0 aliphatic carbocycles. The first-order chi connectivity index (χ1) is 19.0. The van der Waals surface area contributed by atoms with Crippen molar-refractivity contribution in [1.82, 2.24) is 24.5 Å². The van der Waals surface area contributed by atoms with Gasteiger partial charge in [0.1, 0.15) is 26.8 Å². The number of fused-ring (bicyclic) bond motifs is 1. The molecule has 0 bridgehead atoms. The number of halogens is 4. The summed E-state index contributed by atoms with van der Waals surface area (Å²) in [5.74, 6) is -1.29. The number of anilines is 1. The molecule has 3 N–H and O–H groups in total. The van der Waals surface area contributed by atoms with E-state index in [2.05, 4.69) is 20.5 Å². The molecule has 0 saturated heterocycles. The lowest BCUT2D eigenvalue weighted by molar-refractivity contribution is -0.140. The number of para-hydroxylation sites is 1. The minimum atomic E-state index is -4.77. The predicted molar refractivity (Wildman–Crippen MR) is 142 cm³/mol. The summed E-state index contributed by atoms with van der Waals surface area (Å²) in [6.45, 7) is 1.50. The molecule has 1 aromatic carbocycles. The summed E-state index contributed by atoms with van der Waals surface area (Å²) < 4.78 is 49.7. The summed E-state index contributed by atoms with van der Waals surface area (Å²) in [5.41, 5.74) is 5.39. The van der Waals surface area contributed by atoms with E-state index < -0.39 is 23.7 Å². The zero-order valence-electron chi connectivity index (χ0n) is 20.8. The third kappa shape index (κ3) is 4.98. The van der Waals surface area contributed by atoms with Gasteiger partial charge in [0.15, 0.2) is 6.73 Å². The number of rotatable bonds is 7. The van der Waals surface area contributed by atoms with Gasteiger partial charge in [0.25, 0.3) is 11.8 Å². The predicted octanol–water partition coefficient (Wildman–Crippen LogP) is 5.26. The van der Waals surface area contributed by atoms with Gasteiger partial charge in [-0.1, -0.05) is 23.7 Å². The number of nitrogens with zero attached hydrogens (tertiary/aromatic N) is 5. The minimum absolute atomic E-state index is 0.0424. The first kappa shape index (κ1) is 27.1. The van der Waals surface area contributed by atoms with E-state index >= 15 is 0 Å². The Balaban J connectivity index is 1.59. The number of carbonyl (C=O) groups is 2. The Bertz CT molecular complexity index is 1780. The summed E-state index contributed by atoms with van der Waals surface area (Å²) in [6, 6.07) is 9.02. The van der Waals surface area contributed by atoms with E-state index in [1.165, 1.54) is 27.8 Å². The van der Waals surface area contributed by atoms with Gasteiger partial charge >= 0.3 is 6.18 Å². The SMILES string of the molecule is Cc1c(-c2cc(C(F)(F)F)nc3sc(C(N)=O)c(NC(=O)c4ccnn4COc4ccccc4Cl)c23)cnn1C. The molecule has 206 valence electrons. The van der Waals surface area contributed by atoms with Gasteiger partial charge in [-0.05, 0) is 36.8 Å². The average Bonchev–Trinajstić information content (AvgIpc) is 3.60. The molecule has 5 aromatic rings. The number of pyridine rings is 1. The zero-order chi connectivity index (χ0) is 28.8. The lowest BCUT2D eigenvalue weighted by Gasteiger charge is -2.13. The van der Waals surface area contributed by atoms with Crippen LogP contribution in [0.4, 0.5) is 18.9 Å². The second-order valence-electron chi connectivity index (χ2n) is 8.54. The number of hydrogen-bond acceptors (Lipinski definition) is 7. The molecule has 15 heteroatoms. The zero-order valence-corrected chi connectivity index (χ0v) is 22.4. The molecule has 2 amide bonds. The van der Waals surface area contributed by atoms with Crippen molar-refractivity contribution in [2.24, 2.45) is 12.8 Å². The highest BCUT2D eigenvalue weighted by Crippen LogP contribution is 2.44. The summed E-state index contributed by atoms with van der Waals surface area (Å²) in [5, 5.41) is 11.4. The van der Waals surface area contributed by atoms with E-state index in [4.69, 9.17) is 22.1 Å². The molecule has 0 radical (unpaired) electrons. The highest BCUT2D eigenvalue weighted by molar-refractivity contribution is 7.21. The number of aryl methyl sites for hydroxylation is 1. The number of carbonyl (C=O) groups excluding carboxylic acids is 2. The van der Waals surface area contributed by atoms with Crippen molar-refractivity contribution in [2.75, 3.05) is 5.32 Å². The van der Waals surface area contributed by atoms with Crippen molar-refractivity contribution in [2.45, 2.75) is 19.8 Å². The number of primary amides is 1. The fourth-order valence-corrected chi connectivity index (χ4v) is 5.21. The normalized spacial score (nSPS) is 11.7. The number of alkyl halides is 3. The fourth-order valence-electron chi connectivity index (χ4n) is 4.01. The monoisotopic (exact) mass is 589 g/mol. The van der Waals surface area contributed by atoms with E-state index in [0.717, 1.165) is 6.07 Å². The quantitative estimate of drug-likeness (QED) is 0.266. The number of nitrogens with one attached hydrogen (secondary N) is 1. The largest absolute Gasteiger partial charge is 0.470 e. The van der Waals surface area contributed by atoms with E-state index in [0.29, 0.717) is 33.4 Å². The number of benzene rings is 1. The Hall–Kier alpha value is -4.43. The number of aromatic nitrogens is 5. The molecule has 0 fully saturated rings. The molecule has 40 heavy (non-hydrogen) atoms. The van der Waals surface area contributed by atoms with Gasteiger partial charge in [-0.2, -0.15) is 23.4 Å². The first-order valence-electron chi connectivity index (χ1n) is 11.5. The Morgan fingerprint density at radius 3 is 2.58 bits per heavy atom. The first-order valence-corrected chi connectivity index (χ1v) is 12.7. The molecule has 0 unspecified atom stereocenters. The van der Waals surface area contributed by atoms with Crippen molar-refractivity contribution >= 4 is 50.7 Å². The van der Waals surface area contributed by atoms with Crippen LogP contribution in [0.25, 0.3) is 21.3 Å². The van der Waals surface area contributed by atoms with Crippen LogP contribution in [0.3, 0.4) is 0 Å². The van der Waals surface area contributed by atoms with Crippen LogP contribution in [0, 0.1) is 6.92 Å². The lowest BCUT2D eigenvalue weighted by atomic mass is 10.0.